The van der Waals surface area contributed by atoms with Gasteiger partial charge in [-0.1, -0.05) is 42.5 Å². The Morgan fingerprint density at radius 3 is 2.08 bits per heavy atom. The SMILES string of the molecule is COc1ccc(C=C(NC(=O)c2ccccc2)C(=O)NN=C(C)CN2C(=O)c3ccccc3C2=O)cc1. The first-order valence-electron chi connectivity index (χ1n) is 11.4. The fourth-order valence-corrected chi connectivity index (χ4v) is 3.66. The maximum atomic E-state index is 13.0. The minimum Gasteiger partial charge on any atom is -0.497 e. The van der Waals surface area contributed by atoms with E-state index < -0.39 is 23.6 Å². The van der Waals surface area contributed by atoms with Gasteiger partial charge in [-0.05, 0) is 55.0 Å². The number of amides is 4. The number of fused-ring (bicyclic) bond motifs is 1. The fourth-order valence-electron chi connectivity index (χ4n) is 3.66. The summed E-state index contributed by atoms with van der Waals surface area (Å²) in [6.45, 7) is 1.49. The van der Waals surface area contributed by atoms with Gasteiger partial charge in [0.1, 0.15) is 11.4 Å². The predicted molar refractivity (Wildman–Crippen MR) is 138 cm³/mol. The summed E-state index contributed by atoms with van der Waals surface area (Å²) in [4.78, 5) is 52.0. The second kappa shape index (κ2) is 11.1. The molecule has 0 bridgehead atoms. The summed E-state index contributed by atoms with van der Waals surface area (Å²) < 4.78 is 5.16. The first kappa shape index (κ1) is 25.1. The average Bonchev–Trinajstić information content (AvgIpc) is 3.17. The third-order valence-electron chi connectivity index (χ3n) is 5.57. The van der Waals surface area contributed by atoms with Crippen LogP contribution in [0.15, 0.2) is 89.7 Å². The molecule has 0 fully saturated rings. The average molecular weight is 497 g/mol. The van der Waals surface area contributed by atoms with Crippen LogP contribution >= 0.6 is 0 Å². The lowest BCUT2D eigenvalue weighted by Gasteiger charge is -2.14. The first-order chi connectivity index (χ1) is 17.9. The van der Waals surface area contributed by atoms with Gasteiger partial charge in [-0.3, -0.25) is 24.1 Å². The number of nitrogens with one attached hydrogen (secondary N) is 2. The van der Waals surface area contributed by atoms with Gasteiger partial charge in [-0.15, -0.1) is 0 Å². The lowest BCUT2D eigenvalue weighted by molar-refractivity contribution is -0.117. The molecule has 0 unspecified atom stereocenters. The van der Waals surface area contributed by atoms with E-state index in [2.05, 4.69) is 15.8 Å². The summed E-state index contributed by atoms with van der Waals surface area (Å²) >= 11 is 0. The number of hydrazone groups is 1. The van der Waals surface area contributed by atoms with Gasteiger partial charge in [0, 0.05) is 5.56 Å². The molecule has 0 spiro atoms. The van der Waals surface area contributed by atoms with Crippen molar-refractivity contribution in [3.8, 4) is 5.75 Å². The molecular weight excluding hydrogens is 472 g/mol. The Labute approximate surface area is 213 Å². The summed E-state index contributed by atoms with van der Waals surface area (Å²) in [5.41, 5.74) is 4.36. The highest BCUT2D eigenvalue weighted by Crippen LogP contribution is 2.22. The van der Waals surface area contributed by atoms with Gasteiger partial charge in [0.15, 0.2) is 0 Å². The normalized spacial score (nSPS) is 13.3. The number of benzene rings is 3. The molecule has 4 rings (SSSR count). The zero-order valence-electron chi connectivity index (χ0n) is 20.2. The van der Waals surface area contributed by atoms with Crippen LogP contribution in [0.5, 0.6) is 5.75 Å². The zero-order chi connectivity index (χ0) is 26.4. The zero-order valence-corrected chi connectivity index (χ0v) is 20.2. The molecular formula is C28H24N4O5. The first-order valence-corrected chi connectivity index (χ1v) is 11.4. The quantitative estimate of drug-likeness (QED) is 0.215. The van der Waals surface area contributed by atoms with Gasteiger partial charge >= 0.3 is 0 Å². The molecule has 0 saturated carbocycles. The summed E-state index contributed by atoms with van der Waals surface area (Å²) in [5.74, 6) is -1.35. The number of hydrogen-bond acceptors (Lipinski definition) is 6. The van der Waals surface area contributed by atoms with Gasteiger partial charge in [0.05, 0.1) is 30.5 Å². The summed E-state index contributed by atoms with van der Waals surface area (Å²) in [6, 6.07) is 22.0. The monoisotopic (exact) mass is 496 g/mol. The minimum atomic E-state index is -0.679. The third kappa shape index (κ3) is 5.79. The summed E-state index contributed by atoms with van der Waals surface area (Å²) in [6.07, 6.45) is 1.50. The van der Waals surface area contributed by atoms with E-state index in [0.29, 0.717) is 33.7 Å². The summed E-state index contributed by atoms with van der Waals surface area (Å²) in [5, 5.41) is 6.67. The molecule has 0 saturated heterocycles. The molecule has 0 aliphatic carbocycles. The molecule has 186 valence electrons. The molecule has 1 aliphatic rings. The van der Waals surface area contributed by atoms with Crippen LogP contribution in [0.2, 0.25) is 0 Å². The van der Waals surface area contributed by atoms with E-state index >= 15 is 0 Å². The van der Waals surface area contributed by atoms with E-state index in [9.17, 15) is 19.2 Å². The highest BCUT2D eigenvalue weighted by Gasteiger charge is 2.35. The standard InChI is InChI=1S/C28H24N4O5/c1-18(17-32-27(35)22-10-6-7-11-23(22)28(32)36)30-31-26(34)24(16-19-12-14-21(37-2)15-13-19)29-25(33)20-8-4-3-5-9-20/h3-16H,17H2,1-2H3,(H,29,33)(H,31,34). The summed E-state index contributed by atoms with van der Waals surface area (Å²) in [7, 11) is 1.55. The van der Waals surface area contributed by atoms with Crippen LogP contribution in [-0.4, -0.2) is 47.9 Å². The van der Waals surface area contributed by atoms with E-state index in [1.54, 1.807) is 92.9 Å². The number of nitrogens with zero attached hydrogens (tertiary/aromatic N) is 2. The van der Waals surface area contributed by atoms with Crippen LogP contribution < -0.4 is 15.5 Å². The van der Waals surface area contributed by atoms with Gasteiger partial charge in [0.25, 0.3) is 23.6 Å². The molecule has 3 aromatic carbocycles. The van der Waals surface area contributed by atoms with Gasteiger partial charge in [-0.2, -0.15) is 5.10 Å². The lowest BCUT2D eigenvalue weighted by Crippen LogP contribution is -2.36. The van der Waals surface area contributed by atoms with Crippen molar-refractivity contribution >= 4 is 35.4 Å². The van der Waals surface area contributed by atoms with Crippen LogP contribution in [-0.2, 0) is 4.79 Å². The fraction of sp³-hybridized carbons (Fsp3) is 0.107. The van der Waals surface area contributed by atoms with Gasteiger partial charge in [-0.25, -0.2) is 5.43 Å². The smallest absolute Gasteiger partial charge is 0.287 e. The highest BCUT2D eigenvalue weighted by atomic mass is 16.5. The molecule has 4 amide bonds. The number of imide groups is 1. The van der Waals surface area contributed by atoms with E-state index in [1.807, 2.05) is 0 Å². The highest BCUT2D eigenvalue weighted by molar-refractivity contribution is 6.22. The number of methoxy groups -OCH3 is 1. The molecule has 37 heavy (non-hydrogen) atoms. The van der Waals surface area contributed by atoms with Crippen LogP contribution in [0.1, 0.15) is 43.6 Å². The molecule has 9 nitrogen and oxygen atoms in total. The van der Waals surface area contributed by atoms with Crippen molar-refractivity contribution in [1.29, 1.82) is 0 Å². The Bertz CT molecular complexity index is 1380. The number of carbonyl (C=O) groups is 4. The predicted octanol–water partition coefficient (Wildman–Crippen LogP) is 3.25. The Morgan fingerprint density at radius 2 is 1.49 bits per heavy atom. The van der Waals surface area contributed by atoms with Gasteiger partial charge < -0.3 is 10.1 Å². The van der Waals surface area contributed by atoms with Gasteiger partial charge in [0.2, 0.25) is 0 Å². The Balaban J connectivity index is 1.50. The third-order valence-corrected chi connectivity index (χ3v) is 5.57. The topological polar surface area (TPSA) is 117 Å². The molecule has 2 N–H and O–H groups in total. The van der Waals surface area contributed by atoms with Crippen molar-refractivity contribution in [2.24, 2.45) is 5.10 Å². The lowest BCUT2D eigenvalue weighted by atomic mass is 10.1. The Hall–Kier alpha value is -5.05. The maximum Gasteiger partial charge on any atom is 0.287 e. The molecule has 0 aromatic heterocycles. The molecule has 9 heteroatoms. The van der Waals surface area contributed by atoms with Crippen molar-refractivity contribution in [3.63, 3.8) is 0 Å². The van der Waals surface area contributed by atoms with Crippen LogP contribution in [0.4, 0.5) is 0 Å². The van der Waals surface area contributed by atoms with E-state index in [4.69, 9.17) is 4.74 Å². The second-order valence-electron chi connectivity index (χ2n) is 8.18. The number of hydrogen-bond donors (Lipinski definition) is 2. The van der Waals surface area contributed by atoms with E-state index in [1.165, 1.54) is 6.08 Å². The molecule has 1 aliphatic heterocycles. The second-order valence-corrected chi connectivity index (χ2v) is 8.18. The van der Waals surface area contributed by atoms with Crippen molar-refractivity contribution < 1.29 is 23.9 Å². The molecule has 3 aromatic rings. The van der Waals surface area contributed by atoms with E-state index in [0.717, 1.165) is 4.90 Å². The minimum absolute atomic E-state index is 0.0451. The van der Waals surface area contributed by atoms with Crippen LogP contribution in [0.3, 0.4) is 0 Å². The van der Waals surface area contributed by atoms with Crippen molar-refractivity contribution in [2.75, 3.05) is 13.7 Å². The van der Waals surface area contributed by atoms with Crippen molar-refractivity contribution in [2.45, 2.75) is 6.92 Å². The van der Waals surface area contributed by atoms with Crippen molar-refractivity contribution in [3.05, 3.63) is 107 Å². The van der Waals surface area contributed by atoms with Crippen LogP contribution in [0.25, 0.3) is 6.08 Å². The maximum absolute atomic E-state index is 13.0. The van der Waals surface area contributed by atoms with Crippen LogP contribution in [0, 0.1) is 0 Å². The largest absolute Gasteiger partial charge is 0.497 e. The number of rotatable bonds is 8. The molecule has 0 radical (unpaired) electrons. The number of ether oxygens (including phenoxy) is 1. The van der Waals surface area contributed by atoms with Crippen molar-refractivity contribution in [1.82, 2.24) is 15.6 Å². The number of carbonyl (C=O) groups excluding carboxylic acids is 4. The Morgan fingerprint density at radius 1 is 0.892 bits per heavy atom. The molecule has 0 atom stereocenters. The van der Waals surface area contributed by atoms with E-state index in [-0.39, 0.29) is 12.2 Å². The Kier molecular flexibility index (Phi) is 7.53. The molecule has 1 heterocycles.